The van der Waals surface area contributed by atoms with E-state index in [1.807, 2.05) is 0 Å². The molecular formula is C26H26N4O5. The number of aromatic nitrogens is 2. The van der Waals surface area contributed by atoms with E-state index in [4.69, 9.17) is 10.5 Å². The molecule has 9 nitrogen and oxygen atoms in total. The summed E-state index contributed by atoms with van der Waals surface area (Å²) in [6.45, 7) is -0.0176. The number of phenols is 1. The van der Waals surface area contributed by atoms with Crippen molar-refractivity contribution in [3.8, 4) is 11.4 Å². The molecule has 3 aromatic rings. The molecule has 1 aliphatic heterocycles. The monoisotopic (exact) mass is 474 g/mol. The van der Waals surface area contributed by atoms with Gasteiger partial charge in [-0.15, -0.1) is 0 Å². The summed E-state index contributed by atoms with van der Waals surface area (Å²) in [5.74, 6) is -1.88. The largest absolute Gasteiger partial charge is 0.508 e. The lowest BCUT2D eigenvalue weighted by molar-refractivity contribution is -0.130. The van der Waals surface area contributed by atoms with Gasteiger partial charge in [-0.05, 0) is 67.1 Å². The first-order valence-corrected chi connectivity index (χ1v) is 11.5. The standard InChI is InChI=1S/C26H26N4O5/c27-24(33)19-8-5-17(30-11-10-28-15-30)13-20(19)21(12-16-3-6-18(31)7-4-16)25(34)29-26-9-1-2-23(26)35-14-22(26)32/h3-8,10-11,13,15,21,23,31H,1-2,9,12,14H2,(H2,27,33)(H,29,34). The number of aromatic hydroxyl groups is 1. The zero-order valence-electron chi connectivity index (χ0n) is 19.0. The van der Waals surface area contributed by atoms with Gasteiger partial charge >= 0.3 is 0 Å². The number of phenolic OH excluding ortho intramolecular Hbond substituents is 1. The molecule has 3 unspecified atom stereocenters. The van der Waals surface area contributed by atoms with Gasteiger partial charge in [0, 0.05) is 23.6 Å². The van der Waals surface area contributed by atoms with Crippen molar-refractivity contribution in [1.29, 1.82) is 0 Å². The number of nitrogens with one attached hydrogen (secondary N) is 1. The van der Waals surface area contributed by atoms with E-state index in [1.165, 1.54) is 0 Å². The van der Waals surface area contributed by atoms with Crippen LogP contribution in [0.3, 0.4) is 0 Å². The van der Waals surface area contributed by atoms with Crippen LogP contribution in [-0.2, 0) is 20.7 Å². The Kier molecular flexibility index (Phi) is 5.86. The van der Waals surface area contributed by atoms with Crippen LogP contribution in [-0.4, -0.2) is 50.5 Å². The molecule has 5 rings (SSSR count). The van der Waals surface area contributed by atoms with Crippen molar-refractivity contribution in [2.75, 3.05) is 6.61 Å². The van der Waals surface area contributed by atoms with Crippen LogP contribution in [0, 0.1) is 0 Å². The number of ketones is 1. The minimum Gasteiger partial charge on any atom is -0.508 e. The van der Waals surface area contributed by atoms with Crippen LogP contribution in [0.15, 0.2) is 61.2 Å². The summed E-state index contributed by atoms with van der Waals surface area (Å²) in [5.41, 5.74) is 6.83. The summed E-state index contributed by atoms with van der Waals surface area (Å²) in [6, 6.07) is 11.6. The van der Waals surface area contributed by atoms with Gasteiger partial charge in [0.1, 0.15) is 17.9 Å². The molecule has 0 bridgehead atoms. The van der Waals surface area contributed by atoms with E-state index in [-0.39, 0.29) is 42.1 Å². The van der Waals surface area contributed by atoms with E-state index < -0.39 is 17.4 Å². The molecule has 0 spiro atoms. The predicted molar refractivity (Wildman–Crippen MR) is 126 cm³/mol. The van der Waals surface area contributed by atoms with Crippen LogP contribution in [0.2, 0.25) is 0 Å². The van der Waals surface area contributed by atoms with Gasteiger partial charge in [-0.1, -0.05) is 12.1 Å². The van der Waals surface area contributed by atoms with Crippen molar-refractivity contribution >= 4 is 17.6 Å². The highest BCUT2D eigenvalue weighted by Crippen LogP contribution is 2.39. The third kappa shape index (κ3) is 4.19. The zero-order valence-corrected chi connectivity index (χ0v) is 19.0. The molecule has 1 aromatic heterocycles. The number of benzene rings is 2. The van der Waals surface area contributed by atoms with E-state index >= 15 is 0 Å². The Morgan fingerprint density at radius 2 is 2.06 bits per heavy atom. The second-order valence-corrected chi connectivity index (χ2v) is 9.10. The number of imidazole rings is 1. The van der Waals surface area contributed by atoms with Crippen molar-refractivity contribution in [3.63, 3.8) is 0 Å². The number of amides is 2. The fraction of sp³-hybridized carbons (Fsp3) is 0.308. The van der Waals surface area contributed by atoms with Crippen molar-refractivity contribution in [2.45, 2.75) is 43.2 Å². The minimum absolute atomic E-state index is 0.0176. The third-order valence-electron chi connectivity index (χ3n) is 7.02. The van der Waals surface area contributed by atoms with E-state index in [2.05, 4.69) is 10.3 Å². The Balaban J connectivity index is 1.58. The van der Waals surface area contributed by atoms with Crippen LogP contribution < -0.4 is 11.1 Å². The lowest BCUT2D eigenvalue weighted by atomic mass is 9.85. The molecule has 35 heavy (non-hydrogen) atoms. The van der Waals surface area contributed by atoms with Gasteiger partial charge in [0.2, 0.25) is 11.8 Å². The van der Waals surface area contributed by atoms with Crippen molar-refractivity contribution in [2.24, 2.45) is 5.73 Å². The van der Waals surface area contributed by atoms with Crippen molar-refractivity contribution in [3.05, 3.63) is 77.9 Å². The number of hydrogen-bond donors (Lipinski definition) is 3. The summed E-state index contributed by atoms with van der Waals surface area (Å²) in [4.78, 5) is 43.1. The first kappa shape index (κ1) is 22.8. The Bertz CT molecular complexity index is 1270. The number of hydrogen-bond acceptors (Lipinski definition) is 6. The second-order valence-electron chi connectivity index (χ2n) is 9.10. The number of Topliss-reactive ketones (excluding diaryl/α,β-unsaturated/α-hetero) is 1. The third-order valence-corrected chi connectivity index (χ3v) is 7.02. The molecule has 2 aliphatic rings. The number of rotatable bonds is 7. The van der Waals surface area contributed by atoms with E-state index in [1.54, 1.807) is 65.8 Å². The smallest absolute Gasteiger partial charge is 0.249 e. The molecular weight excluding hydrogens is 448 g/mol. The topological polar surface area (TPSA) is 137 Å². The molecule has 2 heterocycles. The molecule has 180 valence electrons. The molecule has 1 aliphatic carbocycles. The highest BCUT2D eigenvalue weighted by molar-refractivity contribution is 6.00. The SMILES string of the molecule is NC(=O)c1ccc(-n2ccnc2)cc1C(Cc1ccc(O)cc1)C(=O)NC12CCCC1OCC2=O. The van der Waals surface area contributed by atoms with E-state index in [0.717, 1.165) is 12.0 Å². The van der Waals surface area contributed by atoms with Crippen LogP contribution in [0.4, 0.5) is 0 Å². The lowest BCUT2D eigenvalue weighted by Crippen LogP contribution is -2.57. The maximum Gasteiger partial charge on any atom is 0.249 e. The first-order chi connectivity index (χ1) is 16.9. The molecule has 0 radical (unpaired) electrons. The average Bonchev–Trinajstić information content (AvgIpc) is 3.58. The van der Waals surface area contributed by atoms with Crippen LogP contribution in [0.25, 0.3) is 5.69 Å². The number of nitrogens with two attached hydrogens (primary N) is 1. The van der Waals surface area contributed by atoms with Crippen LogP contribution in [0.1, 0.15) is 46.7 Å². The number of primary amides is 1. The van der Waals surface area contributed by atoms with Gasteiger partial charge in [-0.2, -0.15) is 0 Å². The van der Waals surface area contributed by atoms with Crippen LogP contribution in [0.5, 0.6) is 5.75 Å². The van der Waals surface area contributed by atoms with E-state index in [0.29, 0.717) is 24.1 Å². The van der Waals surface area contributed by atoms with Gasteiger partial charge in [-0.25, -0.2) is 4.98 Å². The van der Waals surface area contributed by atoms with Crippen LogP contribution >= 0.6 is 0 Å². The molecule has 9 heteroatoms. The summed E-state index contributed by atoms with van der Waals surface area (Å²) >= 11 is 0. The molecule has 2 fully saturated rings. The summed E-state index contributed by atoms with van der Waals surface area (Å²) < 4.78 is 7.43. The fourth-order valence-electron chi connectivity index (χ4n) is 5.19. The Morgan fingerprint density at radius 3 is 2.77 bits per heavy atom. The van der Waals surface area contributed by atoms with E-state index in [9.17, 15) is 19.5 Å². The number of carbonyl (C=O) groups excluding carboxylic acids is 3. The zero-order chi connectivity index (χ0) is 24.6. The number of fused-ring (bicyclic) bond motifs is 1. The van der Waals surface area contributed by atoms with Crippen molar-refractivity contribution < 1.29 is 24.2 Å². The Labute approximate surface area is 201 Å². The average molecular weight is 475 g/mol. The lowest BCUT2D eigenvalue weighted by Gasteiger charge is -2.30. The van der Waals surface area contributed by atoms with Crippen molar-refractivity contribution in [1.82, 2.24) is 14.9 Å². The maximum absolute atomic E-state index is 13.9. The quantitative estimate of drug-likeness (QED) is 0.479. The highest BCUT2D eigenvalue weighted by Gasteiger charge is 2.55. The molecule has 1 saturated heterocycles. The molecule has 3 atom stereocenters. The highest BCUT2D eigenvalue weighted by atomic mass is 16.5. The molecule has 1 saturated carbocycles. The molecule has 4 N–H and O–H groups in total. The van der Waals surface area contributed by atoms with Gasteiger partial charge in [0.25, 0.3) is 0 Å². The van der Waals surface area contributed by atoms with Gasteiger partial charge in [0.05, 0.1) is 18.3 Å². The number of ether oxygens (including phenoxy) is 1. The summed E-state index contributed by atoms with van der Waals surface area (Å²) in [7, 11) is 0. The number of carbonyl (C=O) groups is 3. The van der Waals surface area contributed by atoms with Gasteiger partial charge in [0.15, 0.2) is 5.78 Å². The summed E-state index contributed by atoms with van der Waals surface area (Å²) in [6.07, 6.45) is 6.90. The number of nitrogens with zero attached hydrogens (tertiary/aromatic N) is 2. The Hall–Kier alpha value is -3.98. The second kappa shape index (κ2) is 8.99. The minimum atomic E-state index is -1.04. The summed E-state index contributed by atoms with van der Waals surface area (Å²) in [5, 5.41) is 12.7. The molecule has 2 amide bonds. The normalized spacial score (nSPS) is 22.1. The fourth-order valence-corrected chi connectivity index (χ4v) is 5.19. The Morgan fingerprint density at radius 1 is 1.26 bits per heavy atom. The first-order valence-electron chi connectivity index (χ1n) is 11.5. The molecule has 2 aromatic carbocycles. The predicted octanol–water partition coefficient (Wildman–Crippen LogP) is 2.01. The van der Waals surface area contributed by atoms with Gasteiger partial charge < -0.3 is 25.5 Å². The maximum atomic E-state index is 13.9. The van der Waals surface area contributed by atoms with Gasteiger partial charge in [-0.3, -0.25) is 14.4 Å².